The first-order chi connectivity index (χ1) is 6.00. The summed E-state index contributed by atoms with van der Waals surface area (Å²) >= 11 is 0. The summed E-state index contributed by atoms with van der Waals surface area (Å²) in [5.41, 5.74) is 0. The van der Waals surface area contributed by atoms with Gasteiger partial charge in [-0.25, -0.2) is 0 Å². The van der Waals surface area contributed by atoms with E-state index in [4.69, 9.17) is 57.7 Å². The van der Waals surface area contributed by atoms with Crippen molar-refractivity contribution in [2.75, 3.05) is 0 Å². The van der Waals surface area contributed by atoms with Crippen molar-refractivity contribution in [2.24, 2.45) is 0 Å². The molecule has 0 fully saturated rings. The molecule has 0 amide bonds. The van der Waals surface area contributed by atoms with Gasteiger partial charge in [-0.3, -0.25) is 0 Å². The zero-order valence-corrected chi connectivity index (χ0v) is 15.3. The Morgan fingerprint density at radius 2 is 0.421 bits per heavy atom. The standard InChI is InChI=1S/Al.3Mn.3H3O4P/c;;;;3*1-5(2,3)4/h;;;;3*(H3,1,2,3,4)/q+3;3*+2;;;/p-9. The Balaban J connectivity index is -0.0000000206. The molecule has 0 saturated heterocycles. The van der Waals surface area contributed by atoms with Gasteiger partial charge in [0.2, 0.25) is 0 Å². The number of rotatable bonds is 0. The third kappa shape index (κ3) is 1180. The molecule has 0 heterocycles. The Labute approximate surface area is 149 Å². The Bertz CT molecular complexity index is 214. The van der Waals surface area contributed by atoms with E-state index < -0.39 is 23.5 Å². The second-order valence-corrected chi connectivity index (χ2v) is 4.02. The van der Waals surface area contributed by atoms with Crippen molar-refractivity contribution < 1.29 is 109 Å². The fraction of sp³-hybridized carbons (Fsp3) is 0. The monoisotopic (exact) mass is 477 g/mol. The van der Waals surface area contributed by atoms with Crippen LogP contribution in [0.2, 0.25) is 0 Å². The molecule has 3 radical (unpaired) electrons. The molecule has 0 unspecified atom stereocenters. The van der Waals surface area contributed by atoms with E-state index >= 15 is 0 Å². The van der Waals surface area contributed by atoms with Gasteiger partial charge in [-0.2, -0.15) is 23.5 Å². The molecule has 0 aromatic heterocycles. The van der Waals surface area contributed by atoms with Crippen LogP contribution in [0.1, 0.15) is 0 Å². The molecule has 19 heteroatoms. The first-order valence-corrected chi connectivity index (χ1v) is 6.57. The van der Waals surface area contributed by atoms with Crippen LogP contribution in [0.15, 0.2) is 0 Å². The molecule has 19 heavy (non-hydrogen) atoms. The van der Waals surface area contributed by atoms with E-state index in [-0.39, 0.29) is 68.6 Å². The zero-order chi connectivity index (χ0) is 13.5. The Morgan fingerprint density at radius 3 is 0.421 bits per heavy atom. The summed E-state index contributed by atoms with van der Waals surface area (Å²) < 4.78 is 25.6. The molecule has 111 valence electrons. The first-order valence-electron chi connectivity index (χ1n) is 2.19. The van der Waals surface area contributed by atoms with Crippen molar-refractivity contribution in [3.63, 3.8) is 0 Å². The topological polar surface area (TPSA) is 259 Å². The Hall–Kier alpha value is 2.42. The van der Waals surface area contributed by atoms with Gasteiger partial charge in [0.05, 0.1) is 0 Å². The molecular formula is AlMn3O12P3. The van der Waals surface area contributed by atoms with E-state index in [0.717, 1.165) is 0 Å². The largest absolute Gasteiger partial charge is 3.00 e. The summed E-state index contributed by atoms with van der Waals surface area (Å²) in [5, 5.41) is 0. The summed E-state index contributed by atoms with van der Waals surface area (Å²) in [5.74, 6) is 0. The van der Waals surface area contributed by atoms with Gasteiger partial charge in [-0.1, -0.05) is 0 Å². The minimum atomic E-state index is -5.39. The predicted octanol–water partition coefficient (Wildman–Crippen LogP) is -8.86. The average molecular weight is 477 g/mol. The molecule has 0 aliphatic rings. The smallest absolute Gasteiger partial charge is 0.822 e. The van der Waals surface area contributed by atoms with Crippen LogP contribution in [0.3, 0.4) is 0 Å². The van der Waals surface area contributed by atoms with Gasteiger partial charge in [0.1, 0.15) is 0 Å². The summed E-state index contributed by atoms with van der Waals surface area (Å²) in [6.45, 7) is 0. The second-order valence-electron chi connectivity index (χ2n) is 1.34. The number of hydrogen-bond donors (Lipinski definition) is 0. The van der Waals surface area contributed by atoms with E-state index in [9.17, 15) is 0 Å². The normalized spacial score (nSPS) is 9.32. The van der Waals surface area contributed by atoms with Crippen LogP contribution < -0.4 is 44.0 Å². The van der Waals surface area contributed by atoms with Crippen molar-refractivity contribution in [2.45, 2.75) is 0 Å². The van der Waals surface area contributed by atoms with Crippen LogP contribution in [0, 0.1) is 0 Å². The maximum atomic E-state index is 8.55. The summed E-state index contributed by atoms with van der Waals surface area (Å²) in [7, 11) is -16.2. The van der Waals surface area contributed by atoms with Crippen LogP contribution >= 0.6 is 23.5 Å². The van der Waals surface area contributed by atoms with Crippen molar-refractivity contribution in [1.82, 2.24) is 0 Å². The van der Waals surface area contributed by atoms with Crippen LogP contribution in [0.4, 0.5) is 0 Å². The molecule has 0 saturated carbocycles. The fourth-order valence-electron chi connectivity index (χ4n) is 0. The van der Waals surface area contributed by atoms with Gasteiger partial charge in [0.15, 0.2) is 0 Å². The van der Waals surface area contributed by atoms with Gasteiger partial charge in [-0.15, -0.1) is 0 Å². The molecule has 0 N–H and O–H groups in total. The summed E-state index contributed by atoms with van der Waals surface area (Å²) in [4.78, 5) is 76.9. The fourth-order valence-corrected chi connectivity index (χ4v) is 0. The molecule has 0 bridgehead atoms. The molecule has 0 aromatic carbocycles. The molecule has 12 nitrogen and oxygen atoms in total. The van der Waals surface area contributed by atoms with Crippen LogP contribution in [-0.2, 0) is 64.9 Å². The van der Waals surface area contributed by atoms with Gasteiger partial charge in [0, 0.05) is 0 Å². The minimum absolute atomic E-state index is 0. The van der Waals surface area contributed by atoms with E-state index in [0.29, 0.717) is 0 Å². The van der Waals surface area contributed by atoms with E-state index in [1.807, 2.05) is 0 Å². The maximum Gasteiger partial charge on any atom is 3.00 e. The van der Waals surface area contributed by atoms with Crippen molar-refractivity contribution >= 4 is 40.8 Å². The molecule has 0 rings (SSSR count). The summed E-state index contributed by atoms with van der Waals surface area (Å²) in [6, 6.07) is 0. The van der Waals surface area contributed by atoms with Crippen molar-refractivity contribution in [1.29, 1.82) is 0 Å². The third-order valence-corrected chi connectivity index (χ3v) is 0. The molecule has 0 aromatic rings. The SMILES string of the molecule is O=P([O-])([O-])[O-].O=P([O-])([O-])[O-].O=P([O-])([O-])[O-].[Al+3].[Mn+2].[Mn+2].[Mn+2]. The Kier molecular flexibility index (Phi) is 41.8. The molecule has 0 spiro atoms. The quantitative estimate of drug-likeness (QED) is 0.233. The van der Waals surface area contributed by atoms with Gasteiger partial charge in [-0.05, 0) is 0 Å². The maximum absolute atomic E-state index is 8.55. The van der Waals surface area contributed by atoms with E-state index in [2.05, 4.69) is 0 Å². The van der Waals surface area contributed by atoms with E-state index in [1.54, 1.807) is 0 Å². The average Bonchev–Trinajstić information content (AvgIpc) is 1.41. The zero-order valence-electron chi connectivity index (χ0n) is 7.95. The second kappa shape index (κ2) is 18.5. The van der Waals surface area contributed by atoms with Crippen LogP contribution in [0.25, 0.3) is 0 Å². The molecule has 0 aliphatic heterocycles. The third-order valence-electron chi connectivity index (χ3n) is 0. The molecule has 0 atom stereocenters. The molecular weight excluding hydrogens is 477 g/mol. The van der Waals surface area contributed by atoms with Gasteiger partial charge in [0.25, 0.3) is 0 Å². The number of phosphoric acid groups is 3. The van der Waals surface area contributed by atoms with Gasteiger partial charge < -0.3 is 57.7 Å². The first kappa shape index (κ1) is 43.0. The van der Waals surface area contributed by atoms with Crippen molar-refractivity contribution in [3.8, 4) is 0 Å². The predicted molar refractivity (Wildman–Crippen MR) is 28.6 cm³/mol. The minimum Gasteiger partial charge on any atom is -0.822 e. The summed E-state index contributed by atoms with van der Waals surface area (Å²) in [6.07, 6.45) is 0. The van der Waals surface area contributed by atoms with Crippen molar-refractivity contribution in [3.05, 3.63) is 0 Å². The van der Waals surface area contributed by atoms with Gasteiger partial charge >= 0.3 is 68.6 Å². The Morgan fingerprint density at radius 1 is 0.421 bits per heavy atom. The van der Waals surface area contributed by atoms with Crippen LogP contribution in [0.5, 0.6) is 0 Å². The van der Waals surface area contributed by atoms with Crippen LogP contribution in [-0.4, -0.2) is 17.4 Å². The molecule has 0 aliphatic carbocycles. The number of hydrogen-bond acceptors (Lipinski definition) is 12. The van der Waals surface area contributed by atoms with E-state index in [1.165, 1.54) is 0 Å².